The summed E-state index contributed by atoms with van der Waals surface area (Å²) >= 11 is 0. The second-order valence-electron chi connectivity index (χ2n) is 6.97. The fourth-order valence-electron chi connectivity index (χ4n) is 2.65. The summed E-state index contributed by atoms with van der Waals surface area (Å²) in [5.41, 5.74) is 2.90. The van der Waals surface area contributed by atoms with Gasteiger partial charge in [0.05, 0.1) is 5.56 Å². The molecule has 1 aliphatic rings. The van der Waals surface area contributed by atoms with Gasteiger partial charge in [-0.25, -0.2) is 4.79 Å². The lowest BCUT2D eigenvalue weighted by Gasteiger charge is -2.24. The molecule has 1 saturated carbocycles. The molecular formula is C20H28O4. The summed E-state index contributed by atoms with van der Waals surface area (Å²) in [7, 11) is 0. The van der Waals surface area contributed by atoms with Crippen molar-refractivity contribution < 1.29 is 19.4 Å². The van der Waals surface area contributed by atoms with Gasteiger partial charge in [-0.15, -0.1) is 0 Å². The number of allylic oxidation sites excluding steroid dienone is 2. The molecule has 0 unspecified atom stereocenters. The Morgan fingerprint density at radius 3 is 2.04 bits per heavy atom. The van der Waals surface area contributed by atoms with Crippen molar-refractivity contribution in [2.24, 2.45) is 0 Å². The minimum absolute atomic E-state index is 0.318. The highest BCUT2D eigenvalue weighted by Gasteiger charge is 2.18. The minimum atomic E-state index is -0.851. The predicted octanol–water partition coefficient (Wildman–Crippen LogP) is 4.95. The molecule has 0 spiro atoms. The average Bonchev–Trinajstić information content (AvgIpc) is 2.54. The fourth-order valence-corrected chi connectivity index (χ4v) is 2.65. The number of carboxylic acid groups (broad SMARTS) is 1. The maximum Gasteiger partial charge on any atom is 0.335 e. The van der Waals surface area contributed by atoms with Gasteiger partial charge in [-0.2, -0.15) is 0 Å². The lowest BCUT2D eigenvalue weighted by molar-refractivity contribution is -0.138. The van der Waals surface area contributed by atoms with Crippen molar-refractivity contribution in [3.05, 3.63) is 47.0 Å². The molecular weight excluding hydrogens is 304 g/mol. The fraction of sp³-hybridized carbons (Fsp3) is 0.500. The first-order valence-corrected chi connectivity index (χ1v) is 8.35. The van der Waals surface area contributed by atoms with Crippen LogP contribution in [-0.4, -0.2) is 23.1 Å². The standard InChI is InChI=1S/C15H18O2.C5H10O2/c1-2-11-3-5-12(6-4-11)13-7-9-14(10-8-13)15(16)17;1-5(2,3)7-4-6/h2,7-10,12H,3-6H2,1H3,(H,16,17);4H,1-3H3. The molecule has 2 rings (SSSR count). The van der Waals surface area contributed by atoms with E-state index in [1.165, 1.54) is 31.2 Å². The number of carboxylic acids is 1. The van der Waals surface area contributed by atoms with Crippen molar-refractivity contribution in [1.82, 2.24) is 0 Å². The Labute approximate surface area is 144 Å². The van der Waals surface area contributed by atoms with Crippen molar-refractivity contribution in [2.75, 3.05) is 0 Å². The monoisotopic (exact) mass is 332 g/mol. The zero-order chi connectivity index (χ0) is 18.2. The van der Waals surface area contributed by atoms with Gasteiger partial charge in [-0.1, -0.05) is 23.8 Å². The van der Waals surface area contributed by atoms with Crippen molar-refractivity contribution in [3.8, 4) is 0 Å². The third-order valence-electron chi connectivity index (χ3n) is 4.07. The van der Waals surface area contributed by atoms with Gasteiger partial charge in [-0.05, 0) is 77.0 Å². The number of aromatic carboxylic acids is 1. The van der Waals surface area contributed by atoms with Crippen LogP contribution in [0.25, 0.3) is 0 Å². The quantitative estimate of drug-likeness (QED) is 0.628. The molecule has 0 bridgehead atoms. The molecule has 0 heterocycles. The Balaban J connectivity index is 0.000000351. The second-order valence-corrected chi connectivity index (χ2v) is 6.97. The molecule has 1 aromatic carbocycles. The predicted molar refractivity (Wildman–Crippen MR) is 95.3 cm³/mol. The summed E-state index contributed by atoms with van der Waals surface area (Å²) in [5.74, 6) is -0.252. The maximum atomic E-state index is 10.8. The van der Waals surface area contributed by atoms with Crippen molar-refractivity contribution in [2.45, 2.75) is 64.9 Å². The van der Waals surface area contributed by atoms with Gasteiger partial charge in [0.15, 0.2) is 0 Å². The summed E-state index contributed by atoms with van der Waals surface area (Å²) in [5, 5.41) is 8.85. The normalized spacial score (nSPS) is 17.3. The van der Waals surface area contributed by atoms with Crippen LogP contribution in [0.4, 0.5) is 0 Å². The third kappa shape index (κ3) is 6.99. The van der Waals surface area contributed by atoms with Crippen molar-refractivity contribution in [3.63, 3.8) is 0 Å². The van der Waals surface area contributed by atoms with E-state index in [2.05, 4.69) is 17.7 Å². The van der Waals surface area contributed by atoms with Crippen LogP contribution < -0.4 is 0 Å². The lowest BCUT2D eigenvalue weighted by Crippen LogP contribution is -2.17. The highest BCUT2D eigenvalue weighted by Crippen LogP contribution is 2.35. The van der Waals surface area contributed by atoms with Gasteiger partial charge in [0.25, 0.3) is 6.47 Å². The number of carbonyl (C=O) groups is 2. The Hall–Kier alpha value is -2.10. The summed E-state index contributed by atoms with van der Waals surface area (Å²) in [6.07, 6.45) is 6.96. The van der Waals surface area contributed by atoms with Crippen LogP contribution >= 0.6 is 0 Å². The Bertz CT molecular complexity index is 554. The number of rotatable bonds is 3. The first-order valence-electron chi connectivity index (χ1n) is 8.35. The number of hydrogen-bond donors (Lipinski definition) is 1. The minimum Gasteiger partial charge on any atom is -0.478 e. The van der Waals surface area contributed by atoms with Crippen molar-refractivity contribution >= 4 is 12.4 Å². The van der Waals surface area contributed by atoms with Crippen LogP contribution in [0.5, 0.6) is 0 Å². The van der Waals surface area contributed by atoms with E-state index < -0.39 is 5.97 Å². The average molecular weight is 332 g/mol. The highest BCUT2D eigenvalue weighted by atomic mass is 16.5. The topological polar surface area (TPSA) is 63.6 Å². The van der Waals surface area contributed by atoms with Gasteiger partial charge in [0.1, 0.15) is 5.60 Å². The lowest BCUT2D eigenvalue weighted by atomic mass is 9.81. The molecule has 0 radical (unpaired) electrons. The zero-order valence-electron chi connectivity index (χ0n) is 15.0. The van der Waals surface area contributed by atoms with E-state index in [-0.39, 0.29) is 5.60 Å². The summed E-state index contributed by atoms with van der Waals surface area (Å²) in [6, 6.07) is 7.36. The maximum absolute atomic E-state index is 10.8. The Morgan fingerprint density at radius 1 is 1.17 bits per heavy atom. The Morgan fingerprint density at radius 2 is 1.71 bits per heavy atom. The molecule has 4 nitrogen and oxygen atoms in total. The van der Waals surface area contributed by atoms with E-state index >= 15 is 0 Å². The number of benzene rings is 1. The van der Waals surface area contributed by atoms with E-state index in [4.69, 9.17) is 5.11 Å². The molecule has 4 heteroatoms. The summed E-state index contributed by atoms with van der Waals surface area (Å²) in [6.45, 7) is 8.03. The van der Waals surface area contributed by atoms with Gasteiger partial charge >= 0.3 is 5.97 Å². The van der Waals surface area contributed by atoms with Gasteiger partial charge in [0.2, 0.25) is 0 Å². The highest BCUT2D eigenvalue weighted by molar-refractivity contribution is 5.87. The third-order valence-corrected chi connectivity index (χ3v) is 4.07. The molecule has 0 atom stereocenters. The largest absolute Gasteiger partial charge is 0.478 e. The van der Waals surface area contributed by atoms with Crippen LogP contribution in [0, 0.1) is 0 Å². The molecule has 1 aromatic rings. The number of hydrogen-bond acceptors (Lipinski definition) is 3. The zero-order valence-corrected chi connectivity index (χ0v) is 15.0. The number of carbonyl (C=O) groups excluding carboxylic acids is 1. The molecule has 0 saturated heterocycles. The SMILES string of the molecule is CC(C)(C)OC=O.CC=C1CCC(c2ccc(C(=O)O)cc2)CC1. The first-order chi connectivity index (χ1) is 11.3. The molecule has 1 N–H and O–H groups in total. The van der Waals surface area contributed by atoms with Crippen LogP contribution in [0.1, 0.15) is 75.2 Å². The van der Waals surface area contributed by atoms with Gasteiger partial charge in [0, 0.05) is 0 Å². The summed E-state index contributed by atoms with van der Waals surface area (Å²) < 4.78 is 4.55. The molecule has 0 amide bonds. The van der Waals surface area contributed by atoms with Crippen LogP contribution in [0.15, 0.2) is 35.9 Å². The Kier molecular flexibility index (Phi) is 7.69. The summed E-state index contributed by atoms with van der Waals surface area (Å²) in [4.78, 5) is 20.4. The van der Waals surface area contributed by atoms with Crippen LogP contribution in [-0.2, 0) is 9.53 Å². The van der Waals surface area contributed by atoms with Gasteiger partial charge < -0.3 is 9.84 Å². The van der Waals surface area contributed by atoms with E-state index in [9.17, 15) is 9.59 Å². The molecule has 1 aliphatic carbocycles. The molecule has 132 valence electrons. The molecule has 1 fully saturated rings. The van der Waals surface area contributed by atoms with E-state index in [1.54, 1.807) is 17.7 Å². The molecule has 24 heavy (non-hydrogen) atoms. The van der Waals surface area contributed by atoms with Crippen LogP contribution in [0.3, 0.4) is 0 Å². The van der Waals surface area contributed by atoms with E-state index in [1.807, 2.05) is 32.9 Å². The smallest absolute Gasteiger partial charge is 0.335 e. The van der Waals surface area contributed by atoms with Crippen LogP contribution in [0.2, 0.25) is 0 Å². The first kappa shape index (κ1) is 19.9. The van der Waals surface area contributed by atoms with E-state index in [0.717, 1.165) is 0 Å². The number of ether oxygens (including phenoxy) is 1. The van der Waals surface area contributed by atoms with Crippen molar-refractivity contribution in [1.29, 1.82) is 0 Å². The molecule has 0 aliphatic heterocycles. The van der Waals surface area contributed by atoms with E-state index in [0.29, 0.717) is 18.0 Å². The second kappa shape index (κ2) is 9.26. The molecule has 0 aromatic heterocycles. The van der Waals surface area contributed by atoms with Gasteiger partial charge in [-0.3, -0.25) is 4.79 Å².